The summed E-state index contributed by atoms with van der Waals surface area (Å²) in [5, 5.41) is 7.99. The smallest absolute Gasteiger partial charge is 0.239 e. The SMILES string of the molecule is Cc1ccccc1-n1nc(C)c(CN(C)C(=O)C2CCCN2)c1C. The first-order valence-corrected chi connectivity index (χ1v) is 8.58. The van der Waals surface area contributed by atoms with Gasteiger partial charge in [0, 0.05) is 24.8 Å². The highest BCUT2D eigenvalue weighted by Gasteiger charge is 2.26. The van der Waals surface area contributed by atoms with Crippen molar-refractivity contribution in [2.75, 3.05) is 13.6 Å². The van der Waals surface area contributed by atoms with Gasteiger partial charge in [-0.2, -0.15) is 5.10 Å². The Bertz CT molecular complexity index is 744. The monoisotopic (exact) mass is 326 g/mol. The maximum atomic E-state index is 12.5. The third kappa shape index (κ3) is 3.08. The van der Waals surface area contributed by atoms with Crippen LogP contribution in [0, 0.1) is 20.8 Å². The second kappa shape index (κ2) is 6.77. The first-order chi connectivity index (χ1) is 11.5. The van der Waals surface area contributed by atoms with Crippen LogP contribution in [0.15, 0.2) is 24.3 Å². The van der Waals surface area contributed by atoms with Crippen LogP contribution in [0.5, 0.6) is 0 Å². The molecule has 1 aliphatic rings. The highest BCUT2D eigenvalue weighted by molar-refractivity contribution is 5.82. The molecule has 24 heavy (non-hydrogen) atoms. The van der Waals surface area contributed by atoms with Gasteiger partial charge in [-0.25, -0.2) is 4.68 Å². The van der Waals surface area contributed by atoms with Gasteiger partial charge in [0.25, 0.3) is 0 Å². The Morgan fingerprint density at radius 1 is 1.33 bits per heavy atom. The molecular weight excluding hydrogens is 300 g/mol. The maximum Gasteiger partial charge on any atom is 0.239 e. The molecule has 0 bridgehead atoms. The minimum absolute atomic E-state index is 0.0259. The molecule has 0 aliphatic carbocycles. The van der Waals surface area contributed by atoms with Crippen LogP contribution in [0.25, 0.3) is 5.69 Å². The highest BCUT2D eigenvalue weighted by atomic mass is 16.2. The summed E-state index contributed by atoms with van der Waals surface area (Å²) in [6.07, 6.45) is 2.01. The molecule has 5 heteroatoms. The summed E-state index contributed by atoms with van der Waals surface area (Å²) < 4.78 is 1.99. The Morgan fingerprint density at radius 2 is 2.08 bits per heavy atom. The predicted octanol–water partition coefficient (Wildman–Crippen LogP) is 2.51. The van der Waals surface area contributed by atoms with Gasteiger partial charge in [-0.1, -0.05) is 18.2 Å². The van der Waals surface area contributed by atoms with Gasteiger partial charge in [-0.15, -0.1) is 0 Å². The Morgan fingerprint density at radius 3 is 2.75 bits per heavy atom. The molecular formula is C19H26N4O. The lowest BCUT2D eigenvalue weighted by molar-refractivity contribution is -0.132. The van der Waals surface area contributed by atoms with E-state index in [0.29, 0.717) is 6.54 Å². The van der Waals surface area contributed by atoms with E-state index in [-0.39, 0.29) is 11.9 Å². The molecule has 0 saturated carbocycles. The van der Waals surface area contributed by atoms with Crippen LogP contribution in [0.4, 0.5) is 0 Å². The number of carbonyl (C=O) groups excluding carboxylic acids is 1. The molecule has 5 nitrogen and oxygen atoms in total. The van der Waals surface area contributed by atoms with E-state index in [0.717, 1.165) is 42.0 Å². The molecule has 0 spiro atoms. The number of nitrogens with one attached hydrogen (secondary N) is 1. The van der Waals surface area contributed by atoms with Crippen LogP contribution in [0.3, 0.4) is 0 Å². The van der Waals surface area contributed by atoms with E-state index in [4.69, 9.17) is 5.10 Å². The first-order valence-electron chi connectivity index (χ1n) is 8.58. The van der Waals surface area contributed by atoms with Crippen molar-refractivity contribution >= 4 is 5.91 Å². The molecule has 1 N–H and O–H groups in total. The standard InChI is InChI=1S/C19H26N4O/c1-13-8-5-6-10-18(13)23-15(3)16(14(2)21-23)12-22(4)19(24)17-9-7-11-20-17/h5-6,8,10,17,20H,7,9,11-12H2,1-4H3. The number of likely N-dealkylation sites (N-methyl/N-ethyl adjacent to an activating group) is 1. The van der Waals surface area contributed by atoms with Crippen LogP contribution in [-0.2, 0) is 11.3 Å². The van der Waals surface area contributed by atoms with Gasteiger partial charge in [0.05, 0.1) is 17.4 Å². The second-order valence-electron chi connectivity index (χ2n) is 6.69. The minimum Gasteiger partial charge on any atom is -0.340 e. The average Bonchev–Trinajstić information content (AvgIpc) is 3.19. The number of aryl methyl sites for hydroxylation is 2. The molecule has 1 aliphatic heterocycles. The van der Waals surface area contributed by atoms with Gasteiger partial charge >= 0.3 is 0 Å². The van der Waals surface area contributed by atoms with Gasteiger partial charge in [0.1, 0.15) is 0 Å². The van der Waals surface area contributed by atoms with Crippen molar-refractivity contribution in [1.29, 1.82) is 0 Å². The van der Waals surface area contributed by atoms with Crippen molar-refractivity contribution in [1.82, 2.24) is 20.0 Å². The number of nitrogens with zero attached hydrogens (tertiary/aromatic N) is 3. The minimum atomic E-state index is -0.0259. The quantitative estimate of drug-likeness (QED) is 0.939. The zero-order valence-corrected chi connectivity index (χ0v) is 15.0. The van der Waals surface area contributed by atoms with Crippen molar-refractivity contribution in [3.8, 4) is 5.69 Å². The zero-order chi connectivity index (χ0) is 17.3. The molecule has 1 aromatic carbocycles. The Balaban J connectivity index is 1.84. The molecule has 1 amide bonds. The lowest BCUT2D eigenvalue weighted by atomic mass is 10.1. The van der Waals surface area contributed by atoms with E-state index in [2.05, 4.69) is 31.3 Å². The molecule has 128 valence electrons. The molecule has 1 saturated heterocycles. The molecule has 1 atom stereocenters. The van der Waals surface area contributed by atoms with E-state index in [1.165, 1.54) is 5.56 Å². The van der Waals surface area contributed by atoms with Crippen molar-refractivity contribution in [3.05, 3.63) is 46.8 Å². The molecule has 3 rings (SSSR count). The van der Waals surface area contributed by atoms with Crippen LogP contribution < -0.4 is 5.32 Å². The Labute approximate surface area is 143 Å². The van der Waals surface area contributed by atoms with Crippen molar-refractivity contribution < 1.29 is 4.79 Å². The number of rotatable bonds is 4. The third-order valence-corrected chi connectivity index (χ3v) is 4.91. The van der Waals surface area contributed by atoms with Crippen LogP contribution in [-0.4, -0.2) is 40.2 Å². The van der Waals surface area contributed by atoms with E-state index in [1.54, 1.807) is 0 Å². The number of amides is 1. The zero-order valence-electron chi connectivity index (χ0n) is 15.0. The number of aromatic nitrogens is 2. The van der Waals surface area contributed by atoms with Crippen LogP contribution in [0.2, 0.25) is 0 Å². The number of hydrogen-bond acceptors (Lipinski definition) is 3. The summed E-state index contributed by atoms with van der Waals surface area (Å²) in [5.41, 5.74) is 5.49. The molecule has 1 fully saturated rings. The number of para-hydroxylation sites is 1. The van der Waals surface area contributed by atoms with Gasteiger partial charge in [-0.3, -0.25) is 4.79 Å². The molecule has 0 radical (unpaired) electrons. The summed E-state index contributed by atoms with van der Waals surface area (Å²) in [6.45, 7) is 7.72. The Hall–Kier alpha value is -2.14. The van der Waals surface area contributed by atoms with Gasteiger partial charge in [-0.05, 0) is 51.8 Å². The number of benzene rings is 1. The van der Waals surface area contributed by atoms with E-state index in [9.17, 15) is 4.79 Å². The Kier molecular flexibility index (Phi) is 4.71. The molecule has 2 heterocycles. The van der Waals surface area contributed by atoms with Crippen molar-refractivity contribution in [3.63, 3.8) is 0 Å². The highest BCUT2D eigenvalue weighted by Crippen LogP contribution is 2.22. The largest absolute Gasteiger partial charge is 0.340 e. The third-order valence-electron chi connectivity index (χ3n) is 4.91. The van der Waals surface area contributed by atoms with E-state index >= 15 is 0 Å². The molecule has 2 aromatic rings. The van der Waals surface area contributed by atoms with Crippen molar-refractivity contribution in [2.45, 2.75) is 46.2 Å². The first kappa shape index (κ1) is 16.7. The van der Waals surface area contributed by atoms with E-state index < -0.39 is 0 Å². The lowest BCUT2D eigenvalue weighted by Crippen LogP contribution is -2.41. The van der Waals surface area contributed by atoms with Gasteiger partial charge < -0.3 is 10.2 Å². The van der Waals surface area contributed by atoms with Crippen LogP contribution >= 0.6 is 0 Å². The van der Waals surface area contributed by atoms with Crippen molar-refractivity contribution in [2.24, 2.45) is 0 Å². The van der Waals surface area contributed by atoms with Gasteiger partial charge in [0.2, 0.25) is 5.91 Å². The summed E-state index contributed by atoms with van der Waals surface area (Å²) in [5.74, 6) is 0.176. The lowest BCUT2D eigenvalue weighted by Gasteiger charge is -2.21. The predicted molar refractivity (Wildman–Crippen MR) is 95.3 cm³/mol. The van der Waals surface area contributed by atoms with E-state index in [1.807, 2.05) is 35.7 Å². The maximum absolute atomic E-state index is 12.5. The normalized spacial score (nSPS) is 17.2. The average molecular weight is 326 g/mol. The molecule has 1 unspecified atom stereocenters. The number of hydrogen-bond donors (Lipinski definition) is 1. The fourth-order valence-electron chi connectivity index (χ4n) is 3.42. The summed E-state index contributed by atoms with van der Waals surface area (Å²) in [4.78, 5) is 14.4. The topological polar surface area (TPSA) is 50.2 Å². The summed E-state index contributed by atoms with van der Waals surface area (Å²) in [7, 11) is 1.88. The summed E-state index contributed by atoms with van der Waals surface area (Å²) >= 11 is 0. The fourth-order valence-corrected chi connectivity index (χ4v) is 3.42. The van der Waals surface area contributed by atoms with Crippen LogP contribution in [0.1, 0.15) is 35.4 Å². The second-order valence-corrected chi connectivity index (χ2v) is 6.69. The number of carbonyl (C=O) groups is 1. The molecule has 1 aromatic heterocycles. The fraction of sp³-hybridized carbons (Fsp3) is 0.474. The van der Waals surface area contributed by atoms with Gasteiger partial charge in [0.15, 0.2) is 0 Å². The summed E-state index contributed by atoms with van der Waals surface area (Å²) in [6, 6.07) is 8.21.